The number of carbonyl (C=O) groups excluding carboxylic acids is 2. The van der Waals surface area contributed by atoms with E-state index in [1.54, 1.807) is 14.2 Å². The van der Waals surface area contributed by atoms with Crippen LogP contribution in [0, 0.1) is 41.5 Å². The summed E-state index contributed by atoms with van der Waals surface area (Å²) in [5, 5.41) is 27.5. The molecule has 0 atom stereocenters. The van der Waals surface area contributed by atoms with Crippen molar-refractivity contribution in [3.8, 4) is 11.5 Å². The largest absolute Gasteiger partial charge is 0.550 e. The van der Waals surface area contributed by atoms with Crippen LogP contribution in [-0.4, -0.2) is 26.2 Å². The fraction of sp³-hybridized carbons (Fsp3) is 0.194. The predicted molar refractivity (Wildman–Crippen MR) is 291 cm³/mol. The first kappa shape index (κ1) is 52.5. The van der Waals surface area contributed by atoms with E-state index in [0.717, 1.165) is 23.8 Å². The second kappa shape index (κ2) is 24.6. The molecule has 8 aromatic carbocycles. The Morgan fingerprint density at radius 1 is 0.357 bits per heavy atom. The molecule has 0 aliphatic heterocycles. The number of rotatable bonds is 15. The fourth-order valence-corrected chi connectivity index (χ4v) is 16.9. The zero-order chi connectivity index (χ0) is 50.3. The summed E-state index contributed by atoms with van der Waals surface area (Å²) in [5.74, 6) is -0.914. The average Bonchev–Trinajstić information content (AvgIpc) is 3.36. The summed E-state index contributed by atoms with van der Waals surface area (Å²) in [6, 6.07) is 72.1. The zero-order valence-corrected chi connectivity index (χ0v) is 43.4. The molecule has 0 saturated carbocycles. The molecule has 0 amide bonds. The number of ether oxygens (including phenoxy) is 2. The van der Waals surface area contributed by atoms with Gasteiger partial charge < -0.3 is 29.3 Å². The lowest BCUT2D eigenvalue weighted by atomic mass is 10.2. The number of benzene rings is 8. The van der Waals surface area contributed by atoms with Crippen LogP contribution in [0.25, 0.3) is 0 Å². The smallest absolute Gasteiger partial charge is 0.119 e. The highest BCUT2D eigenvalue weighted by Gasteiger charge is 2.47. The zero-order valence-electron chi connectivity index (χ0n) is 41.6. The Balaban J connectivity index is 0.000000199. The van der Waals surface area contributed by atoms with Crippen molar-refractivity contribution in [2.75, 3.05) is 14.2 Å². The Hall–Kier alpha value is -6.84. The summed E-state index contributed by atoms with van der Waals surface area (Å²) in [6.07, 6.45) is 0.976. The summed E-state index contributed by atoms with van der Waals surface area (Å²) in [6.45, 7) is 12.9. The van der Waals surface area contributed by atoms with Crippen LogP contribution in [0.2, 0.25) is 0 Å². The molecule has 0 aliphatic carbocycles. The maximum absolute atomic E-state index is 9.50. The Bertz CT molecular complexity index is 2500. The van der Waals surface area contributed by atoms with E-state index in [9.17, 15) is 19.8 Å². The molecule has 358 valence electrons. The third kappa shape index (κ3) is 13.5. The first-order valence-electron chi connectivity index (χ1n) is 23.5. The van der Waals surface area contributed by atoms with Gasteiger partial charge in [0.25, 0.3) is 0 Å². The van der Waals surface area contributed by atoms with E-state index in [1.165, 1.54) is 76.3 Å². The number of hydrogen-bond acceptors (Lipinski definition) is 6. The molecule has 0 spiro atoms. The molecule has 0 heterocycles. The van der Waals surface area contributed by atoms with Crippen LogP contribution < -0.4 is 51.5 Å². The first-order chi connectivity index (χ1) is 33.6. The number of carboxylic acids is 2. The molecule has 0 radical (unpaired) electrons. The minimum absolute atomic E-state index is 0.470. The summed E-state index contributed by atoms with van der Waals surface area (Å²) in [5.41, 5.74) is 10.3. The van der Waals surface area contributed by atoms with Gasteiger partial charge in [0.1, 0.15) is 57.9 Å². The lowest BCUT2D eigenvalue weighted by Gasteiger charge is -2.28. The summed E-state index contributed by atoms with van der Waals surface area (Å²) < 4.78 is 11.1. The second-order valence-corrected chi connectivity index (χ2v) is 24.9. The van der Waals surface area contributed by atoms with Crippen LogP contribution in [-0.2, 0) is 21.9 Å². The monoisotopic (exact) mass is 966 g/mol. The summed E-state index contributed by atoms with van der Waals surface area (Å²) in [7, 11) is -0.366. The maximum atomic E-state index is 9.50. The van der Waals surface area contributed by atoms with E-state index in [-0.39, 0.29) is 0 Å². The van der Waals surface area contributed by atoms with Gasteiger partial charge in [0.05, 0.1) is 26.5 Å². The van der Waals surface area contributed by atoms with E-state index in [1.807, 2.05) is 12.1 Å². The maximum Gasteiger partial charge on any atom is 0.119 e. The van der Waals surface area contributed by atoms with Crippen LogP contribution in [0.3, 0.4) is 0 Å². The van der Waals surface area contributed by atoms with Crippen LogP contribution in [0.5, 0.6) is 11.5 Å². The van der Waals surface area contributed by atoms with Gasteiger partial charge in [0.2, 0.25) is 0 Å². The normalized spacial score (nSPS) is 11.0. The van der Waals surface area contributed by atoms with Crippen molar-refractivity contribution in [1.82, 2.24) is 0 Å². The number of hydrogen-bond donors (Lipinski definition) is 0. The fourth-order valence-electron chi connectivity index (χ4n) is 8.53. The highest BCUT2D eigenvalue weighted by molar-refractivity contribution is 7.95. The minimum Gasteiger partial charge on any atom is -0.550 e. The van der Waals surface area contributed by atoms with Crippen LogP contribution >= 0.6 is 14.5 Å². The topological polar surface area (TPSA) is 98.7 Å². The van der Waals surface area contributed by atoms with Gasteiger partial charge in [-0.3, -0.25) is 0 Å². The van der Waals surface area contributed by atoms with E-state index >= 15 is 0 Å². The third-order valence-electron chi connectivity index (χ3n) is 12.5. The van der Waals surface area contributed by atoms with E-state index in [0.29, 0.717) is 0 Å². The van der Waals surface area contributed by atoms with Crippen molar-refractivity contribution in [2.45, 2.75) is 66.7 Å². The third-order valence-corrected chi connectivity index (χ3v) is 21.2. The van der Waals surface area contributed by atoms with E-state index in [4.69, 9.17) is 9.47 Å². The van der Waals surface area contributed by atoms with Crippen LogP contribution in [0.1, 0.15) is 57.3 Å². The highest BCUT2D eigenvalue weighted by atomic mass is 31.2. The predicted octanol–water partition coefficient (Wildman–Crippen LogP) is 9.50. The summed E-state index contributed by atoms with van der Waals surface area (Å²) in [4.78, 5) is 19.0. The molecule has 0 aliphatic rings. The molecular formula is C62H64O6P2. The van der Waals surface area contributed by atoms with Gasteiger partial charge in [-0.15, -0.1) is 0 Å². The molecule has 0 fully saturated rings. The quantitative estimate of drug-likeness (QED) is 0.0951. The lowest BCUT2D eigenvalue weighted by Crippen LogP contribution is -2.32. The molecular weight excluding hydrogens is 903 g/mol. The number of aliphatic carboxylic acids is 2. The van der Waals surface area contributed by atoms with Gasteiger partial charge in [0.15, 0.2) is 0 Å². The molecule has 8 aromatic rings. The highest BCUT2D eigenvalue weighted by Crippen LogP contribution is 2.59. The molecule has 70 heavy (non-hydrogen) atoms. The SMILES string of the molecule is COc1cccc(C[P+](c2ccc(C)cc2)(c2ccc(C)cc2)c2ccc(C)cc2)c1.COc1cccc(C[P+](c2ccc(C)cc2)(c2ccc(C)cc2)c2ccc(C)cc2)c1.O=C([O-])CCC(=O)[O-]. The van der Waals surface area contributed by atoms with E-state index < -0.39 is 39.3 Å². The van der Waals surface area contributed by atoms with Gasteiger partial charge >= 0.3 is 0 Å². The summed E-state index contributed by atoms with van der Waals surface area (Å²) >= 11 is 0. The Morgan fingerprint density at radius 2 is 0.571 bits per heavy atom. The van der Waals surface area contributed by atoms with Crippen molar-refractivity contribution in [3.05, 3.63) is 239 Å². The number of carboxylic acid groups (broad SMARTS) is 2. The van der Waals surface area contributed by atoms with Crippen LogP contribution in [0.4, 0.5) is 0 Å². The molecule has 0 unspecified atom stereocenters. The number of methoxy groups -OCH3 is 2. The standard InChI is InChI=1S/2C29H30OP.C4H6O4/c2*1-22-8-14-27(15-9-22)31(28-16-10-23(2)11-17-28,29-18-12-24(3)13-19-29)21-25-6-5-7-26(20-25)30-4;5-3(6)1-2-4(7)8/h2*5-20H,21H2,1-4H3;1-2H2,(H,5,6)(H,7,8)/q2*+1;/p-2. The van der Waals surface area contributed by atoms with Crippen molar-refractivity contribution in [2.24, 2.45) is 0 Å². The van der Waals surface area contributed by atoms with Gasteiger partial charge in [-0.05, 0) is 163 Å². The molecule has 0 saturated heterocycles. The minimum atomic E-state index is -1.92. The molecule has 0 bridgehead atoms. The molecule has 6 nitrogen and oxygen atoms in total. The molecule has 8 rings (SSSR count). The molecule has 0 aromatic heterocycles. The van der Waals surface area contributed by atoms with Crippen molar-refractivity contribution >= 4 is 58.3 Å². The van der Waals surface area contributed by atoms with Gasteiger partial charge in [-0.25, -0.2) is 0 Å². The second-order valence-electron chi connectivity index (χ2n) is 17.9. The number of aryl methyl sites for hydroxylation is 6. The lowest BCUT2D eigenvalue weighted by molar-refractivity contribution is -0.315. The average molecular weight is 967 g/mol. The Morgan fingerprint density at radius 3 is 0.757 bits per heavy atom. The van der Waals surface area contributed by atoms with Gasteiger partial charge in [-0.2, -0.15) is 0 Å². The molecule has 8 heteroatoms. The van der Waals surface area contributed by atoms with Crippen molar-refractivity contribution in [1.29, 1.82) is 0 Å². The molecule has 0 N–H and O–H groups in total. The van der Waals surface area contributed by atoms with E-state index in [2.05, 4.69) is 224 Å². The van der Waals surface area contributed by atoms with Gasteiger partial charge in [-0.1, -0.05) is 130 Å². The van der Waals surface area contributed by atoms with Crippen molar-refractivity contribution < 1.29 is 29.3 Å². The Labute approximate surface area is 416 Å². The van der Waals surface area contributed by atoms with Crippen molar-refractivity contribution in [3.63, 3.8) is 0 Å². The van der Waals surface area contributed by atoms with Crippen LogP contribution in [0.15, 0.2) is 194 Å². The Kier molecular flexibility index (Phi) is 18.5. The number of carbonyl (C=O) groups is 2. The first-order valence-corrected chi connectivity index (χ1v) is 27.4. The van der Waals surface area contributed by atoms with Gasteiger partial charge in [0, 0.05) is 11.9 Å².